The third-order valence-electron chi connectivity index (χ3n) is 2.43. The molecule has 0 bridgehead atoms. The van der Waals surface area contributed by atoms with E-state index in [9.17, 15) is 26.3 Å². The quantitative estimate of drug-likeness (QED) is 0.782. The number of halogens is 6. The van der Waals surface area contributed by atoms with E-state index >= 15 is 0 Å². The maximum absolute atomic E-state index is 13.6. The second kappa shape index (κ2) is 6.12. The van der Waals surface area contributed by atoms with Crippen molar-refractivity contribution in [3.8, 4) is 22.8 Å². The predicted octanol–water partition coefficient (Wildman–Crippen LogP) is 4.39. The molecular weight excluding hydrogens is 316 g/mol. The first-order chi connectivity index (χ1) is 10.3. The number of benzene rings is 1. The molecule has 0 spiro atoms. The highest BCUT2D eigenvalue weighted by atomic mass is 19.4. The fourth-order valence-corrected chi connectivity index (χ4v) is 1.66. The predicted molar refractivity (Wildman–Crippen MR) is 62.9 cm³/mol. The van der Waals surface area contributed by atoms with Gasteiger partial charge in [-0.2, -0.15) is 8.78 Å². The molecule has 0 amide bonds. The summed E-state index contributed by atoms with van der Waals surface area (Å²) in [6.45, 7) is -3.27. The largest absolute Gasteiger partial charge is 0.573 e. The molecule has 3 nitrogen and oxygen atoms in total. The molecule has 0 atom stereocenters. The van der Waals surface area contributed by atoms with Gasteiger partial charge in [-0.1, -0.05) is 18.2 Å². The van der Waals surface area contributed by atoms with Gasteiger partial charge in [0.15, 0.2) is 5.82 Å². The molecule has 0 aliphatic rings. The van der Waals surface area contributed by atoms with E-state index in [2.05, 4.69) is 14.5 Å². The van der Waals surface area contributed by atoms with E-state index < -0.39 is 30.4 Å². The van der Waals surface area contributed by atoms with Crippen molar-refractivity contribution in [1.29, 1.82) is 0 Å². The summed E-state index contributed by atoms with van der Waals surface area (Å²) >= 11 is 0. The van der Waals surface area contributed by atoms with Crippen LogP contribution in [0.4, 0.5) is 26.3 Å². The number of hydrogen-bond acceptors (Lipinski definition) is 3. The molecule has 22 heavy (non-hydrogen) atoms. The van der Waals surface area contributed by atoms with Gasteiger partial charge in [-0.05, 0) is 12.1 Å². The van der Waals surface area contributed by atoms with Gasteiger partial charge in [0, 0.05) is 17.3 Å². The van der Waals surface area contributed by atoms with Gasteiger partial charge in [0.05, 0.1) is 0 Å². The molecule has 1 heterocycles. The normalized spacial score (nSPS) is 11.6. The van der Waals surface area contributed by atoms with E-state index in [0.29, 0.717) is 0 Å². The minimum atomic E-state index is -4.93. The highest BCUT2D eigenvalue weighted by Gasteiger charge is 2.32. The summed E-state index contributed by atoms with van der Waals surface area (Å²) < 4.78 is 82.1. The summed E-state index contributed by atoms with van der Waals surface area (Å²) in [7, 11) is 0. The third kappa shape index (κ3) is 4.03. The second-order valence-electron chi connectivity index (χ2n) is 3.93. The smallest absolute Gasteiger partial charge is 0.414 e. The van der Waals surface area contributed by atoms with Gasteiger partial charge in [-0.15, -0.1) is 13.2 Å². The highest BCUT2D eigenvalue weighted by molar-refractivity contribution is 5.70. The molecule has 1 aromatic heterocycles. The van der Waals surface area contributed by atoms with Crippen molar-refractivity contribution in [3.63, 3.8) is 0 Å². The number of hydrogen-bond donors (Lipinski definition) is 0. The van der Waals surface area contributed by atoms with Crippen LogP contribution in [0.25, 0.3) is 11.1 Å². The molecule has 0 fully saturated rings. The molecule has 118 valence electrons. The minimum Gasteiger partial charge on any atom is -0.414 e. The lowest BCUT2D eigenvalue weighted by Gasteiger charge is -2.13. The van der Waals surface area contributed by atoms with Crippen molar-refractivity contribution in [3.05, 3.63) is 42.3 Å². The Labute approximate surface area is 120 Å². The molecule has 0 saturated heterocycles. The first-order valence-electron chi connectivity index (χ1n) is 5.72. The Bertz CT molecular complexity index is 659. The Morgan fingerprint density at radius 2 is 1.77 bits per heavy atom. The van der Waals surface area contributed by atoms with E-state index in [-0.39, 0.29) is 11.1 Å². The maximum atomic E-state index is 13.6. The average Bonchev–Trinajstić information content (AvgIpc) is 2.39. The van der Waals surface area contributed by atoms with E-state index in [4.69, 9.17) is 0 Å². The van der Waals surface area contributed by atoms with Gasteiger partial charge in [0.2, 0.25) is 0 Å². The van der Waals surface area contributed by atoms with Gasteiger partial charge in [-0.25, -0.2) is 9.37 Å². The van der Waals surface area contributed by atoms with Crippen LogP contribution in [0.15, 0.2) is 36.5 Å². The average molecular weight is 323 g/mol. The van der Waals surface area contributed by atoms with Gasteiger partial charge in [0.25, 0.3) is 5.88 Å². The summed E-state index contributed by atoms with van der Waals surface area (Å²) in [6, 6.07) is 5.70. The lowest BCUT2D eigenvalue weighted by molar-refractivity contribution is -0.274. The van der Waals surface area contributed by atoms with Gasteiger partial charge in [0.1, 0.15) is 5.75 Å². The fraction of sp³-hybridized carbons (Fsp3) is 0.154. The van der Waals surface area contributed by atoms with Crippen LogP contribution >= 0.6 is 0 Å². The summed E-state index contributed by atoms with van der Waals surface area (Å²) in [6.07, 6.45) is -4.03. The third-order valence-corrected chi connectivity index (χ3v) is 2.43. The zero-order chi connectivity index (χ0) is 16.3. The van der Waals surface area contributed by atoms with Gasteiger partial charge in [-0.3, -0.25) is 0 Å². The van der Waals surface area contributed by atoms with Crippen LogP contribution in [0.5, 0.6) is 11.6 Å². The molecule has 0 radical (unpaired) electrons. The summed E-state index contributed by atoms with van der Waals surface area (Å²) in [4.78, 5) is 3.32. The van der Waals surface area contributed by atoms with Crippen LogP contribution in [0.2, 0.25) is 0 Å². The molecule has 2 aromatic rings. The molecule has 0 unspecified atom stereocenters. The highest BCUT2D eigenvalue weighted by Crippen LogP contribution is 2.34. The zero-order valence-electron chi connectivity index (χ0n) is 10.6. The monoisotopic (exact) mass is 323 g/mol. The molecular formula is C13H7F6NO2. The molecule has 1 aromatic carbocycles. The first kappa shape index (κ1) is 15.9. The number of rotatable bonds is 4. The van der Waals surface area contributed by atoms with Gasteiger partial charge >= 0.3 is 13.0 Å². The summed E-state index contributed by atoms with van der Waals surface area (Å²) in [5, 5.41) is 0. The molecule has 0 saturated carbocycles. The van der Waals surface area contributed by atoms with Crippen LogP contribution in [0, 0.1) is 5.82 Å². The van der Waals surface area contributed by atoms with Crippen molar-refractivity contribution < 1.29 is 35.8 Å². The Hall–Kier alpha value is -2.45. The summed E-state index contributed by atoms with van der Waals surface area (Å²) in [5.41, 5.74) is -0.186. The fourth-order valence-electron chi connectivity index (χ4n) is 1.66. The maximum Gasteiger partial charge on any atom is 0.573 e. The Morgan fingerprint density at radius 1 is 1.09 bits per heavy atom. The zero-order valence-corrected chi connectivity index (χ0v) is 10.6. The van der Waals surface area contributed by atoms with Crippen molar-refractivity contribution >= 4 is 0 Å². The van der Waals surface area contributed by atoms with Crippen molar-refractivity contribution in [2.75, 3.05) is 0 Å². The van der Waals surface area contributed by atoms with E-state index in [1.54, 1.807) is 0 Å². The second-order valence-corrected chi connectivity index (χ2v) is 3.93. The van der Waals surface area contributed by atoms with Crippen LogP contribution in [0.1, 0.15) is 0 Å². The number of aromatic nitrogens is 1. The van der Waals surface area contributed by atoms with Crippen molar-refractivity contribution in [1.82, 2.24) is 4.98 Å². The lowest BCUT2D eigenvalue weighted by atomic mass is 10.1. The molecule has 0 N–H and O–H groups in total. The van der Waals surface area contributed by atoms with Crippen LogP contribution in [0.3, 0.4) is 0 Å². The van der Waals surface area contributed by atoms with Crippen LogP contribution in [-0.2, 0) is 0 Å². The Kier molecular flexibility index (Phi) is 4.43. The lowest BCUT2D eigenvalue weighted by Crippen LogP contribution is -2.17. The number of pyridine rings is 1. The number of alkyl halides is 5. The minimum absolute atomic E-state index is 0.0843. The molecule has 9 heteroatoms. The molecule has 0 aliphatic heterocycles. The standard InChI is InChI=1S/C13H7F6NO2/c14-9-5-7(6-20-11(9)21-12(15)16)8-3-1-2-4-10(8)22-13(17,18)19/h1-6,12H. The Balaban J connectivity index is 2.38. The number of nitrogens with zero attached hydrogens (tertiary/aromatic N) is 1. The Morgan fingerprint density at radius 3 is 2.36 bits per heavy atom. The van der Waals surface area contributed by atoms with Crippen LogP contribution < -0.4 is 9.47 Å². The summed E-state index contributed by atoms with van der Waals surface area (Å²) in [5.74, 6) is -2.76. The number of para-hydroxylation sites is 1. The number of ether oxygens (including phenoxy) is 2. The molecule has 2 rings (SSSR count). The van der Waals surface area contributed by atoms with E-state index in [0.717, 1.165) is 18.3 Å². The van der Waals surface area contributed by atoms with E-state index in [1.165, 1.54) is 18.2 Å². The molecule has 0 aliphatic carbocycles. The van der Waals surface area contributed by atoms with E-state index in [1.807, 2.05) is 0 Å². The topological polar surface area (TPSA) is 31.4 Å². The SMILES string of the molecule is Fc1cc(-c2ccccc2OC(F)(F)F)cnc1OC(F)F. The first-order valence-corrected chi connectivity index (χ1v) is 5.72. The van der Waals surface area contributed by atoms with Crippen LogP contribution in [-0.4, -0.2) is 18.0 Å². The van der Waals surface area contributed by atoms with Gasteiger partial charge < -0.3 is 9.47 Å². The van der Waals surface area contributed by atoms with Crippen molar-refractivity contribution in [2.24, 2.45) is 0 Å². The van der Waals surface area contributed by atoms with Crippen molar-refractivity contribution in [2.45, 2.75) is 13.0 Å².